The van der Waals surface area contributed by atoms with E-state index in [0.717, 1.165) is 72.1 Å². The predicted octanol–water partition coefficient (Wildman–Crippen LogP) is 4.41. The Hall–Kier alpha value is -2.57. The molecule has 1 saturated heterocycles. The third-order valence-corrected chi connectivity index (χ3v) is 6.52. The lowest BCUT2D eigenvalue weighted by Crippen LogP contribution is -2.32. The van der Waals surface area contributed by atoms with Crippen molar-refractivity contribution in [2.45, 2.75) is 39.2 Å². The number of aryl methyl sites for hydroxylation is 2. The highest BCUT2D eigenvalue weighted by atomic mass is 35.5. The van der Waals surface area contributed by atoms with Gasteiger partial charge in [-0.1, -0.05) is 23.7 Å². The van der Waals surface area contributed by atoms with Gasteiger partial charge in [0.2, 0.25) is 0 Å². The summed E-state index contributed by atoms with van der Waals surface area (Å²) in [6.45, 7) is 4.84. The summed E-state index contributed by atoms with van der Waals surface area (Å²) in [4.78, 5) is 12.8. The lowest BCUT2D eigenvalue weighted by atomic mass is 9.93. The van der Waals surface area contributed by atoms with Crippen LogP contribution >= 0.6 is 11.6 Å². The van der Waals surface area contributed by atoms with Crippen molar-refractivity contribution in [3.63, 3.8) is 0 Å². The van der Waals surface area contributed by atoms with Crippen LogP contribution in [-0.4, -0.2) is 35.4 Å². The number of benzene rings is 1. The van der Waals surface area contributed by atoms with E-state index < -0.39 is 0 Å². The lowest BCUT2D eigenvalue weighted by Gasteiger charge is -2.21. The van der Waals surface area contributed by atoms with Gasteiger partial charge in [0.1, 0.15) is 5.76 Å². The first kappa shape index (κ1) is 20.3. The Labute approximate surface area is 186 Å². The summed E-state index contributed by atoms with van der Waals surface area (Å²) < 4.78 is 13.4. The van der Waals surface area contributed by atoms with Crippen molar-refractivity contribution < 1.29 is 13.9 Å². The summed E-state index contributed by atoms with van der Waals surface area (Å²) in [6, 6.07) is 7.81. The van der Waals surface area contributed by atoms with Crippen LogP contribution in [-0.2, 0) is 24.1 Å². The second-order valence-corrected chi connectivity index (χ2v) is 8.88. The summed E-state index contributed by atoms with van der Waals surface area (Å²) in [5.74, 6) is 1.61. The van der Waals surface area contributed by atoms with E-state index in [0.29, 0.717) is 24.8 Å². The van der Waals surface area contributed by atoms with Crippen molar-refractivity contribution in [1.82, 2.24) is 15.1 Å². The zero-order chi connectivity index (χ0) is 21.4. The van der Waals surface area contributed by atoms with Crippen molar-refractivity contribution in [3.05, 3.63) is 63.7 Å². The van der Waals surface area contributed by atoms with Crippen molar-refractivity contribution >= 4 is 17.5 Å². The smallest absolute Gasteiger partial charge is 0.287 e. The van der Waals surface area contributed by atoms with Crippen LogP contribution in [0.3, 0.4) is 0 Å². The van der Waals surface area contributed by atoms with Crippen LogP contribution in [0.2, 0.25) is 5.02 Å². The van der Waals surface area contributed by atoms with Crippen LogP contribution in [0, 0.1) is 12.8 Å². The van der Waals surface area contributed by atoms with Gasteiger partial charge in [0.25, 0.3) is 5.91 Å². The second kappa shape index (κ2) is 8.52. The Morgan fingerprint density at radius 3 is 2.77 bits per heavy atom. The van der Waals surface area contributed by atoms with E-state index in [1.165, 1.54) is 5.56 Å². The number of fused-ring (bicyclic) bond motifs is 3. The number of ether oxygens (including phenoxy) is 1. The van der Waals surface area contributed by atoms with E-state index in [2.05, 4.69) is 11.5 Å². The van der Waals surface area contributed by atoms with Gasteiger partial charge >= 0.3 is 0 Å². The molecule has 3 aromatic rings. The molecule has 0 spiro atoms. The third-order valence-electron chi connectivity index (χ3n) is 6.27. The summed E-state index contributed by atoms with van der Waals surface area (Å²) >= 11 is 5.99. The van der Waals surface area contributed by atoms with Gasteiger partial charge < -0.3 is 14.5 Å². The number of nitrogens with one attached hydrogen (secondary N) is 1. The fraction of sp³-hybridized carbons (Fsp3) is 0.417. The predicted molar refractivity (Wildman–Crippen MR) is 119 cm³/mol. The van der Waals surface area contributed by atoms with Crippen LogP contribution < -0.4 is 5.32 Å². The fourth-order valence-corrected chi connectivity index (χ4v) is 4.63. The van der Waals surface area contributed by atoms with Crippen molar-refractivity contribution in [2.75, 3.05) is 19.8 Å². The minimum Gasteiger partial charge on any atom is -0.455 e. The number of hydrogen-bond acceptors (Lipinski definition) is 4. The molecule has 0 radical (unpaired) electrons. The van der Waals surface area contributed by atoms with E-state index in [1.54, 1.807) is 0 Å². The van der Waals surface area contributed by atoms with E-state index in [-0.39, 0.29) is 5.91 Å². The molecule has 1 aromatic carbocycles. The topological polar surface area (TPSA) is 69.3 Å². The van der Waals surface area contributed by atoms with Gasteiger partial charge in [-0.25, -0.2) is 0 Å². The highest BCUT2D eigenvalue weighted by Crippen LogP contribution is 2.38. The second-order valence-electron chi connectivity index (χ2n) is 8.45. The first-order chi connectivity index (χ1) is 15.1. The Bertz CT molecular complexity index is 1090. The normalized spacial score (nSPS) is 16.1. The first-order valence-corrected chi connectivity index (χ1v) is 11.3. The molecule has 1 N–H and O–H groups in total. The third kappa shape index (κ3) is 4.14. The zero-order valence-electron chi connectivity index (χ0n) is 17.6. The van der Waals surface area contributed by atoms with Gasteiger partial charge in [-0.05, 0) is 55.4 Å². The van der Waals surface area contributed by atoms with Gasteiger partial charge in [-0.15, -0.1) is 0 Å². The molecular formula is C24H26ClN3O3. The van der Waals surface area contributed by atoms with Gasteiger partial charge in [0, 0.05) is 48.5 Å². The molecule has 0 atom stereocenters. The van der Waals surface area contributed by atoms with Crippen molar-refractivity contribution in [1.29, 1.82) is 0 Å². The number of nitrogens with zero attached hydrogens (tertiary/aromatic N) is 2. The van der Waals surface area contributed by atoms with E-state index in [9.17, 15) is 4.79 Å². The Kier molecular flexibility index (Phi) is 5.59. The van der Waals surface area contributed by atoms with Crippen LogP contribution in [0.5, 0.6) is 0 Å². The molecule has 7 heteroatoms. The monoisotopic (exact) mass is 439 g/mol. The standard InChI is InChI=1S/C24H26ClN3O3/c1-15-21-20(31-23(15)24(29)26-12-16-8-10-30-11-9-16)7-4-18-14-28(27-22(18)21)13-17-2-5-19(25)6-3-17/h2-3,5-6,14,16H,4,7-13H2,1H3,(H,26,29). The summed E-state index contributed by atoms with van der Waals surface area (Å²) in [5.41, 5.74) is 5.12. The van der Waals surface area contributed by atoms with E-state index in [1.807, 2.05) is 35.9 Å². The lowest BCUT2D eigenvalue weighted by molar-refractivity contribution is 0.0638. The molecule has 3 heterocycles. The van der Waals surface area contributed by atoms with Crippen LogP contribution in [0.25, 0.3) is 11.3 Å². The summed E-state index contributed by atoms with van der Waals surface area (Å²) in [7, 11) is 0. The molecule has 5 rings (SSSR count). The molecule has 2 aromatic heterocycles. The molecule has 0 saturated carbocycles. The van der Waals surface area contributed by atoms with Gasteiger partial charge in [0.15, 0.2) is 5.76 Å². The maximum atomic E-state index is 12.8. The molecule has 162 valence electrons. The number of carbonyl (C=O) groups excluding carboxylic acids is 1. The Morgan fingerprint density at radius 1 is 1.23 bits per heavy atom. The van der Waals surface area contributed by atoms with E-state index >= 15 is 0 Å². The first-order valence-electron chi connectivity index (χ1n) is 10.9. The van der Waals surface area contributed by atoms with Gasteiger partial charge in [-0.2, -0.15) is 5.10 Å². The molecule has 31 heavy (non-hydrogen) atoms. The number of furan rings is 1. The minimum atomic E-state index is -0.138. The number of carbonyl (C=O) groups is 1. The summed E-state index contributed by atoms with van der Waals surface area (Å²) in [5, 5.41) is 8.63. The molecular weight excluding hydrogens is 414 g/mol. The number of rotatable bonds is 5. The molecule has 1 amide bonds. The number of hydrogen-bond donors (Lipinski definition) is 1. The zero-order valence-corrected chi connectivity index (χ0v) is 18.4. The molecule has 1 fully saturated rings. The molecule has 0 bridgehead atoms. The minimum absolute atomic E-state index is 0.138. The highest BCUT2D eigenvalue weighted by Gasteiger charge is 2.30. The summed E-state index contributed by atoms with van der Waals surface area (Å²) in [6.07, 6.45) is 5.72. The SMILES string of the molecule is Cc1c(C(=O)NCC2CCOCC2)oc2c1-c1nn(Cc3ccc(Cl)cc3)cc1CC2. The number of amides is 1. The molecule has 2 aliphatic rings. The van der Waals surface area contributed by atoms with Crippen molar-refractivity contribution in [2.24, 2.45) is 5.92 Å². The number of aromatic nitrogens is 2. The van der Waals surface area contributed by atoms with Crippen LogP contribution in [0.15, 0.2) is 34.9 Å². The Morgan fingerprint density at radius 2 is 2.00 bits per heavy atom. The van der Waals surface area contributed by atoms with Crippen LogP contribution in [0.4, 0.5) is 0 Å². The maximum Gasteiger partial charge on any atom is 0.287 e. The quantitative estimate of drug-likeness (QED) is 0.639. The average molecular weight is 440 g/mol. The number of halogens is 1. The largest absolute Gasteiger partial charge is 0.455 e. The van der Waals surface area contributed by atoms with Gasteiger partial charge in [0.05, 0.1) is 12.2 Å². The van der Waals surface area contributed by atoms with E-state index in [4.69, 9.17) is 25.9 Å². The molecule has 0 unspecified atom stereocenters. The average Bonchev–Trinajstić information content (AvgIpc) is 3.34. The van der Waals surface area contributed by atoms with Crippen molar-refractivity contribution in [3.8, 4) is 11.3 Å². The Balaban J connectivity index is 1.35. The van der Waals surface area contributed by atoms with Gasteiger partial charge in [-0.3, -0.25) is 9.48 Å². The maximum absolute atomic E-state index is 12.8. The fourth-order valence-electron chi connectivity index (χ4n) is 4.51. The molecule has 1 aliphatic carbocycles. The van der Waals surface area contributed by atoms with Crippen LogP contribution in [0.1, 0.15) is 45.8 Å². The molecule has 6 nitrogen and oxygen atoms in total. The highest BCUT2D eigenvalue weighted by molar-refractivity contribution is 6.30. The molecule has 1 aliphatic heterocycles.